The Labute approximate surface area is 199 Å². The average molecular weight is 484 g/mol. The quantitative estimate of drug-likeness (QED) is 0.102. The van der Waals surface area contributed by atoms with Gasteiger partial charge in [0.15, 0.2) is 0 Å². The minimum absolute atomic E-state index is 0.176. The number of carbonyl (C=O) groups excluding carboxylic acids is 1. The summed E-state index contributed by atoms with van der Waals surface area (Å²) in [4.78, 5) is 20.6. The van der Waals surface area contributed by atoms with Crippen LogP contribution in [0.3, 0.4) is 0 Å². The molecule has 184 valence electrons. The Hall–Kier alpha value is -1.04. The van der Waals surface area contributed by atoms with Crippen molar-refractivity contribution < 1.29 is 24.5 Å². The molecule has 31 heavy (non-hydrogen) atoms. The molecule has 0 fully saturated rings. The van der Waals surface area contributed by atoms with E-state index in [1.165, 1.54) is 51.9 Å². The van der Waals surface area contributed by atoms with Gasteiger partial charge in [-0.2, -0.15) is 0 Å². The van der Waals surface area contributed by atoms with Crippen molar-refractivity contribution in [2.24, 2.45) is 0 Å². The standard InChI is InChI=1S/C12H21ClO2.C8H17ClO.C4H6O2/c1-11(2)12(14)15-10-8-6-4-3-5-7-9-13;9-7-5-3-1-2-4-6-8-10;1-3(2)4(5)6/h1,3-10H2,2H3;10H,1-8H2;1H2,2H3,(H,5,6). The summed E-state index contributed by atoms with van der Waals surface area (Å²) in [5.41, 5.74) is 0.645. The third kappa shape index (κ3) is 36.7. The fraction of sp³-hybridized carbons (Fsp3) is 0.750. The topological polar surface area (TPSA) is 83.8 Å². The van der Waals surface area contributed by atoms with Crippen LogP contribution in [-0.4, -0.2) is 47.1 Å². The van der Waals surface area contributed by atoms with Crippen LogP contribution in [-0.2, 0) is 14.3 Å². The van der Waals surface area contributed by atoms with Gasteiger partial charge in [0.2, 0.25) is 0 Å². The first-order valence-electron chi connectivity index (χ1n) is 11.2. The second kappa shape index (κ2) is 29.0. The molecule has 0 aromatic heterocycles. The van der Waals surface area contributed by atoms with Crippen molar-refractivity contribution in [3.63, 3.8) is 0 Å². The van der Waals surface area contributed by atoms with E-state index >= 15 is 0 Å². The molecule has 0 aromatic carbocycles. The first-order valence-corrected chi connectivity index (χ1v) is 12.3. The Kier molecular flexibility index (Phi) is 32.3. The maximum Gasteiger partial charge on any atom is 0.333 e. The second-order valence-corrected chi connectivity index (χ2v) is 8.10. The highest BCUT2D eigenvalue weighted by molar-refractivity contribution is 6.18. The minimum atomic E-state index is -0.935. The van der Waals surface area contributed by atoms with Crippen LogP contribution in [0.25, 0.3) is 0 Å². The summed E-state index contributed by atoms with van der Waals surface area (Å²) in [6.07, 6.45) is 13.8. The second-order valence-electron chi connectivity index (χ2n) is 7.35. The normalized spacial score (nSPS) is 9.58. The van der Waals surface area contributed by atoms with E-state index in [9.17, 15) is 9.59 Å². The molecule has 0 saturated carbocycles. The van der Waals surface area contributed by atoms with Gasteiger partial charge in [0.25, 0.3) is 0 Å². The fourth-order valence-corrected chi connectivity index (χ4v) is 2.48. The maximum atomic E-state index is 11.0. The van der Waals surface area contributed by atoms with Crippen LogP contribution in [0.4, 0.5) is 0 Å². The molecule has 0 saturated heterocycles. The van der Waals surface area contributed by atoms with Gasteiger partial charge in [-0.25, -0.2) is 9.59 Å². The summed E-state index contributed by atoms with van der Waals surface area (Å²) in [5.74, 6) is 0.336. The molecule has 2 N–H and O–H groups in total. The average Bonchev–Trinajstić information content (AvgIpc) is 2.73. The van der Waals surface area contributed by atoms with Crippen molar-refractivity contribution in [1.29, 1.82) is 0 Å². The van der Waals surface area contributed by atoms with Crippen LogP contribution in [0.5, 0.6) is 0 Å². The number of esters is 1. The van der Waals surface area contributed by atoms with Crippen LogP contribution in [0.2, 0.25) is 0 Å². The van der Waals surface area contributed by atoms with Crippen molar-refractivity contribution in [2.45, 2.75) is 90.9 Å². The van der Waals surface area contributed by atoms with E-state index in [-0.39, 0.29) is 11.5 Å². The Morgan fingerprint density at radius 3 is 1.39 bits per heavy atom. The van der Waals surface area contributed by atoms with Crippen LogP contribution < -0.4 is 0 Å². The fourth-order valence-electron chi connectivity index (χ4n) is 2.11. The number of aliphatic carboxylic acids is 1. The number of halogens is 2. The SMILES string of the molecule is C=C(C)C(=O)O.C=C(C)C(=O)OCCCCCCCCCl.OCCCCCCCCCl. The van der Waals surface area contributed by atoms with E-state index in [1.807, 2.05) is 0 Å². The highest BCUT2D eigenvalue weighted by Gasteiger charge is 2.01. The molecule has 0 aliphatic carbocycles. The molecule has 0 spiro atoms. The van der Waals surface area contributed by atoms with Crippen molar-refractivity contribution in [1.82, 2.24) is 0 Å². The molecule has 0 unspecified atom stereocenters. The van der Waals surface area contributed by atoms with Crippen LogP contribution in [0.1, 0.15) is 90.9 Å². The molecule has 0 bridgehead atoms. The van der Waals surface area contributed by atoms with Crippen molar-refractivity contribution in [3.05, 3.63) is 24.3 Å². The molecule has 0 aliphatic heterocycles. The van der Waals surface area contributed by atoms with Gasteiger partial charge in [0, 0.05) is 29.5 Å². The summed E-state index contributed by atoms with van der Waals surface area (Å²) in [6, 6.07) is 0. The monoisotopic (exact) mass is 482 g/mol. The lowest BCUT2D eigenvalue weighted by molar-refractivity contribution is -0.139. The van der Waals surface area contributed by atoms with Crippen molar-refractivity contribution in [2.75, 3.05) is 25.0 Å². The summed E-state index contributed by atoms with van der Waals surface area (Å²) < 4.78 is 4.97. The summed E-state index contributed by atoms with van der Waals surface area (Å²) in [5, 5.41) is 16.3. The van der Waals surface area contributed by atoms with Gasteiger partial charge in [-0.15, -0.1) is 23.2 Å². The number of rotatable bonds is 17. The van der Waals surface area contributed by atoms with Gasteiger partial charge < -0.3 is 14.9 Å². The van der Waals surface area contributed by atoms with E-state index in [2.05, 4.69) is 13.2 Å². The van der Waals surface area contributed by atoms with Gasteiger partial charge in [-0.1, -0.05) is 64.5 Å². The smallest absolute Gasteiger partial charge is 0.333 e. The number of carboxylic acid groups (broad SMARTS) is 1. The predicted molar refractivity (Wildman–Crippen MR) is 132 cm³/mol. The predicted octanol–water partition coefficient (Wildman–Crippen LogP) is 6.89. The first-order chi connectivity index (χ1) is 14.7. The highest BCUT2D eigenvalue weighted by Crippen LogP contribution is 2.07. The molecule has 0 atom stereocenters. The maximum absolute atomic E-state index is 11.0. The molecule has 7 heteroatoms. The summed E-state index contributed by atoms with van der Waals surface area (Å²) in [6.45, 7) is 10.6. The van der Waals surface area contributed by atoms with Gasteiger partial charge in [-0.3, -0.25) is 0 Å². The Bertz CT molecular complexity index is 433. The number of aliphatic hydroxyl groups is 1. The minimum Gasteiger partial charge on any atom is -0.478 e. The van der Waals surface area contributed by atoms with Gasteiger partial charge in [-0.05, 0) is 39.5 Å². The lowest BCUT2D eigenvalue weighted by Crippen LogP contribution is -2.05. The first kappa shape index (κ1) is 34.6. The number of ether oxygens (including phenoxy) is 1. The zero-order chi connectivity index (χ0) is 24.3. The number of hydrogen-bond donors (Lipinski definition) is 2. The van der Waals surface area contributed by atoms with Crippen LogP contribution >= 0.6 is 23.2 Å². The van der Waals surface area contributed by atoms with Crippen LogP contribution in [0, 0.1) is 0 Å². The van der Waals surface area contributed by atoms with Crippen molar-refractivity contribution >= 4 is 35.1 Å². The molecule has 0 radical (unpaired) electrons. The van der Waals surface area contributed by atoms with E-state index in [0.29, 0.717) is 18.8 Å². The zero-order valence-corrected chi connectivity index (χ0v) is 21.1. The van der Waals surface area contributed by atoms with E-state index in [4.69, 9.17) is 38.2 Å². The lowest BCUT2D eigenvalue weighted by Gasteiger charge is -2.03. The van der Waals surface area contributed by atoms with E-state index in [0.717, 1.165) is 43.9 Å². The summed E-state index contributed by atoms with van der Waals surface area (Å²) >= 11 is 11.1. The number of carbonyl (C=O) groups is 2. The largest absolute Gasteiger partial charge is 0.478 e. The van der Waals surface area contributed by atoms with Gasteiger partial charge >= 0.3 is 11.9 Å². The molecule has 0 rings (SSSR count). The molecule has 0 heterocycles. The van der Waals surface area contributed by atoms with E-state index < -0.39 is 5.97 Å². The Morgan fingerprint density at radius 2 is 1.06 bits per heavy atom. The lowest BCUT2D eigenvalue weighted by atomic mass is 10.1. The third-order valence-electron chi connectivity index (χ3n) is 4.02. The van der Waals surface area contributed by atoms with Crippen LogP contribution in [0.15, 0.2) is 24.3 Å². The van der Waals surface area contributed by atoms with Crippen molar-refractivity contribution in [3.8, 4) is 0 Å². The number of hydrogen-bond acceptors (Lipinski definition) is 4. The third-order valence-corrected chi connectivity index (χ3v) is 4.55. The zero-order valence-electron chi connectivity index (χ0n) is 19.6. The van der Waals surface area contributed by atoms with Gasteiger partial charge in [0.05, 0.1) is 6.61 Å². The number of unbranched alkanes of at least 4 members (excludes halogenated alkanes) is 10. The van der Waals surface area contributed by atoms with E-state index in [1.54, 1.807) is 6.92 Å². The molecular weight excluding hydrogens is 439 g/mol. The Balaban J connectivity index is -0.000000421. The highest BCUT2D eigenvalue weighted by atomic mass is 35.5. The molecular formula is C24H44Cl2O5. The number of aliphatic hydroxyl groups excluding tert-OH is 1. The van der Waals surface area contributed by atoms with Gasteiger partial charge in [0.1, 0.15) is 0 Å². The molecule has 0 aliphatic rings. The molecule has 0 aromatic rings. The molecule has 0 amide bonds. The number of alkyl halides is 2. The summed E-state index contributed by atoms with van der Waals surface area (Å²) in [7, 11) is 0. The molecule has 5 nitrogen and oxygen atoms in total. The number of carboxylic acids is 1. The Morgan fingerprint density at radius 1 is 0.710 bits per heavy atom.